The van der Waals surface area contributed by atoms with Crippen molar-refractivity contribution in [2.75, 3.05) is 0 Å². The molecule has 3 rings (SSSR count). The molecule has 0 saturated heterocycles. The number of hydrogen-bond acceptors (Lipinski definition) is 2. The van der Waals surface area contributed by atoms with Gasteiger partial charge in [-0.2, -0.15) is 8.78 Å². The third-order valence-electron chi connectivity index (χ3n) is 2.94. The van der Waals surface area contributed by atoms with Crippen molar-refractivity contribution in [2.24, 2.45) is 4.99 Å². The summed E-state index contributed by atoms with van der Waals surface area (Å²) in [6, 6.07) is 15.0. The van der Waals surface area contributed by atoms with Crippen LogP contribution in [0, 0.1) is 0 Å². The van der Waals surface area contributed by atoms with Crippen molar-refractivity contribution in [3.05, 3.63) is 71.3 Å². The molecule has 0 N–H and O–H groups in total. The average Bonchev–Trinajstić information content (AvgIpc) is 2.78. The number of ether oxygens (including phenoxy) is 1. The Morgan fingerprint density at radius 3 is 2.29 bits per heavy atom. The van der Waals surface area contributed by atoms with Gasteiger partial charge in [0.1, 0.15) is 5.76 Å². The van der Waals surface area contributed by atoms with Gasteiger partial charge in [0, 0.05) is 16.7 Å². The molecule has 0 spiro atoms. The Labute approximate surface area is 125 Å². The highest BCUT2D eigenvalue weighted by molar-refractivity contribution is 6.30. The SMILES string of the molecule is FC1(F)OC(c2ccccc2)=CC1=Nc1ccc(Cl)cc1. The van der Waals surface area contributed by atoms with E-state index >= 15 is 0 Å². The number of alkyl halides is 2. The second-order valence-corrected chi connectivity index (χ2v) is 4.90. The molecule has 2 aromatic rings. The maximum Gasteiger partial charge on any atom is 0.444 e. The second-order valence-electron chi connectivity index (χ2n) is 4.47. The van der Waals surface area contributed by atoms with Crippen LogP contribution in [0.4, 0.5) is 14.5 Å². The van der Waals surface area contributed by atoms with Gasteiger partial charge in [0.05, 0.1) is 5.69 Å². The van der Waals surface area contributed by atoms with E-state index in [9.17, 15) is 8.78 Å². The van der Waals surface area contributed by atoms with Crippen molar-refractivity contribution >= 4 is 28.8 Å². The molecule has 0 bridgehead atoms. The van der Waals surface area contributed by atoms with Gasteiger partial charge < -0.3 is 4.74 Å². The summed E-state index contributed by atoms with van der Waals surface area (Å²) in [5.41, 5.74) is 0.547. The van der Waals surface area contributed by atoms with E-state index in [2.05, 4.69) is 4.99 Å². The molecule has 21 heavy (non-hydrogen) atoms. The van der Waals surface area contributed by atoms with E-state index in [-0.39, 0.29) is 5.76 Å². The van der Waals surface area contributed by atoms with Crippen molar-refractivity contribution in [2.45, 2.75) is 6.11 Å². The molecule has 0 amide bonds. The van der Waals surface area contributed by atoms with Gasteiger partial charge in [-0.15, -0.1) is 0 Å². The molecule has 0 atom stereocenters. The molecule has 0 saturated carbocycles. The summed E-state index contributed by atoms with van der Waals surface area (Å²) >= 11 is 5.75. The summed E-state index contributed by atoms with van der Waals surface area (Å²) in [5.74, 6) is 0.105. The molecule has 0 aromatic heterocycles. The van der Waals surface area contributed by atoms with Crippen LogP contribution in [-0.4, -0.2) is 11.8 Å². The summed E-state index contributed by atoms with van der Waals surface area (Å²) in [4.78, 5) is 3.93. The van der Waals surface area contributed by atoms with Crippen LogP contribution in [0.5, 0.6) is 0 Å². The summed E-state index contributed by atoms with van der Waals surface area (Å²) in [6.07, 6.45) is -2.19. The fraction of sp³-hybridized carbons (Fsp3) is 0.0625. The number of rotatable bonds is 2. The molecule has 0 fully saturated rings. The number of hydrogen-bond donors (Lipinski definition) is 0. The fourth-order valence-corrected chi connectivity index (χ4v) is 2.05. The van der Waals surface area contributed by atoms with Crippen molar-refractivity contribution in [1.29, 1.82) is 0 Å². The molecular weight excluding hydrogens is 296 g/mol. The summed E-state index contributed by atoms with van der Waals surface area (Å²) in [5, 5.41) is 0.522. The largest absolute Gasteiger partial charge is 0.444 e. The van der Waals surface area contributed by atoms with Gasteiger partial charge in [0.2, 0.25) is 0 Å². The van der Waals surface area contributed by atoms with Crippen molar-refractivity contribution in [1.82, 2.24) is 0 Å². The van der Waals surface area contributed by atoms with Crippen molar-refractivity contribution in [3.8, 4) is 0 Å². The van der Waals surface area contributed by atoms with Crippen LogP contribution in [0.3, 0.4) is 0 Å². The lowest BCUT2D eigenvalue weighted by atomic mass is 10.2. The van der Waals surface area contributed by atoms with Gasteiger partial charge in [-0.3, -0.25) is 0 Å². The Hall–Kier alpha value is -2.20. The Kier molecular flexibility index (Phi) is 3.47. The van der Waals surface area contributed by atoms with Crippen molar-refractivity contribution < 1.29 is 13.5 Å². The predicted octanol–water partition coefficient (Wildman–Crippen LogP) is 5.08. The van der Waals surface area contributed by atoms with Crippen LogP contribution in [0.25, 0.3) is 5.76 Å². The molecule has 0 radical (unpaired) electrons. The third kappa shape index (κ3) is 2.95. The summed E-state index contributed by atoms with van der Waals surface area (Å²) in [6.45, 7) is 0. The molecule has 1 heterocycles. The molecule has 2 aromatic carbocycles. The van der Waals surface area contributed by atoms with Crippen LogP contribution < -0.4 is 0 Å². The van der Waals surface area contributed by atoms with Gasteiger partial charge in [-0.1, -0.05) is 41.9 Å². The van der Waals surface area contributed by atoms with Gasteiger partial charge in [-0.05, 0) is 24.3 Å². The quantitative estimate of drug-likeness (QED) is 0.758. The molecule has 0 unspecified atom stereocenters. The van der Waals surface area contributed by atoms with Crippen LogP contribution in [-0.2, 0) is 4.74 Å². The summed E-state index contributed by atoms with van der Waals surface area (Å²) in [7, 11) is 0. The highest BCUT2D eigenvalue weighted by Gasteiger charge is 2.44. The third-order valence-corrected chi connectivity index (χ3v) is 3.19. The Morgan fingerprint density at radius 1 is 0.952 bits per heavy atom. The van der Waals surface area contributed by atoms with E-state index in [0.717, 1.165) is 0 Å². The number of halogens is 3. The fourth-order valence-electron chi connectivity index (χ4n) is 1.92. The highest BCUT2D eigenvalue weighted by atomic mass is 35.5. The van der Waals surface area contributed by atoms with E-state index in [0.29, 0.717) is 16.3 Å². The minimum Gasteiger partial charge on any atom is -0.427 e. The first kappa shape index (κ1) is 13.8. The zero-order chi connectivity index (χ0) is 14.9. The minimum absolute atomic E-state index is 0.105. The van der Waals surface area contributed by atoms with Gasteiger partial charge in [0.15, 0.2) is 5.71 Å². The zero-order valence-electron chi connectivity index (χ0n) is 10.8. The first-order valence-electron chi connectivity index (χ1n) is 6.23. The molecule has 2 nitrogen and oxygen atoms in total. The standard InChI is InChI=1S/C16H10ClF2NO/c17-12-6-8-13(9-7-12)20-15-10-14(21-16(15,18)19)11-4-2-1-3-5-11/h1-10H. The lowest BCUT2D eigenvalue weighted by molar-refractivity contribution is -0.125. The smallest absolute Gasteiger partial charge is 0.427 e. The monoisotopic (exact) mass is 305 g/mol. The van der Waals surface area contributed by atoms with E-state index in [4.69, 9.17) is 16.3 Å². The Morgan fingerprint density at radius 2 is 1.62 bits per heavy atom. The summed E-state index contributed by atoms with van der Waals surface area (Å²) < 4.78 is 32.5. The van der Waals surface area contributed by atoms with E-state index in [1.165, 1.54) is 6.08 Å². The maximum absolute atomic E-state index is 13.9. The van der Waals surface area contributed by atoms with Crippen LogP contribution in [0.1, 0.15) is 5.56 Å². The first-order valence-corrected chi connectivity index (χ1v) is 6.61. The Balaban J connectivity index is 1.97. The molecular formula is C16H10ClF2NO. The lowest BCUT2D eigenvalue weighted by Crippen LogP contribution is -2.24. The van der Waals surface area contributed by atoms with Gasteiger partial charge in [-0.25, -0.2) is 4.99 Å². The molecule has 5 heteroatoms. The van der Waals surface area contributed by atoms with E-state index in [1.54, 1.807) is 54.6 Å². The Bertz CT molecular complexity index is 709. The molecule has 1 aliphatic rings. The van der Waals surface area contributed by atoms with Crippen LogP contribution >= 0.6 is 11.6 Å². The number of nitrogens with zero attached hydrogens (tertiary/aromatic N) is 1. The molecule has 1 aliphatic heterocycles. The predicted molar refractivity (Wildman–Crippen MR) is 79.0 cm³/mol. The van der Waals surface area contributed by atoms with Crippen LogP contribution in [0.15, 0.2) is 65.7 Å². The first-order chi connectivity index (χ1) is 10.0. The topological polar surface area (TPSA) is 21.6 Å². The van der Waals surface area contributed by atoms with E-state index in [1.807, 2.05) is 0 Å². The highest BCUT2D eigenvalue weighted by Crippen LogP contribution is 2.35. The van der Waals surface area contributed by atoms with Crippen molar-refractivity contribution in [3.63, 3.8) is 0 Å². The second kappa shape index (κ2) is 5.30. The zero-order valence-corrected chi connectivity index (χ0v) is 11.5. The van der Waals surface area contributed by atoms with Gasteiger partial charge >= 0.3 is 6.11 Å². The minimum atomic E-state index is -3.44. The molecule has 106 valence electrons. The number of benzene rings is 2. The van der Waals surface area contributed by atoms with Crippen LogP contribution in [0.2, 0.25) is 5.02 Å². The van der Waals surface area contributed by atoms with Gasteiger partial charge in [0.25, 0.3) is 0 Å². The maximum atomic E-state index is 13.9. The lowest BCUT2D eigenvalue weighted by Gasteiger charge is -2.12. The van der Waals surface area contributed by atoms with E-state index < -0.39 is 11.8 Å². The molecule has 0 aliphatic carbocycles. The number of aliphatic imine (C=N–C) groups is 1. The normalized spacial score (nSPS) is 18.4. The average molecular weight is 306 g/mol.